The molecule has 1 aromatic rings. The van der Waals surface area contributed by atoms with Crippen LogP contribution in [0.2, 0.25) is 0 Å². The second-order valence-electron chi connectivity index (χ2n) is 4.89. The van der Waals surface area contributed by atoms with Crippen LogP contribution in [0.5, 0.6) is 0 Å². The van der Waals surface area contributed by atoms with Crippen LogP contribution in [0.4, 0.5) is 11.4 Å². The third-order valence-electron chi connectivity index (χ3n) is 3.33. The van der Waals surface area contributed by atoms with Crippen LogP contribution in [0.15, 0.2) is 16.9 Å². The maximum atomic E-state index is 6.05. The molecule has 0 unspecified atom stereocenters. The molecule has 2 saturated carbocycles. The molecule has 0 bridgehead atoms. The van der Waals surface area contributed by atoms with Gasteiger partial charge >= 0.3 is 0 Å². The van der Waals surface area contributed by atoms with Crippen molar-refractivity contribution >= 4 is 27.3 Å². The summed E-state index contributed by atoms with van der Waals surface area (Å²) in [6, 6.07) is 0.710. The van der Waals surface area contributed by atoms with E-state index in [0.29, 0.717) is 6.04 Å². The Labute approximate surface area is 104 Å². The van der Waals surface area contributed by atoms with Crippen molar-refractivity contribution < 1.29 is 0 Å². The van der Waals surface area contributed by atoms with Gasteiger partial charge in [-0.05, 0) is 47.5 Å². The summed E-state index contributed by atoms with van der Waals surface area (Å²) < 4.78 is 1.03. The summed E-state index contributed by atoms with van der Waals surface area (Å²) in [5, 5.41) is 0. The molecule has 2 N–H and O–H groups in total. The summed E-state index contributed by atoms with van der Waals surface area (Å²) in [6.45, 7) is 1.16. The summed E-state index contributed by atoms with van der Waals surface area (Å²) in [7, 11) is 0. The zero-order valence-electron chi connectivity index (χ0n) is 9.19. The van der Waals surface area contributed by atoms with Crippen LogP contribution < -0.4 is 10.6 Å². The van der Waals surface area contributed by atoms with Gasteiger partial charge < -0.3 is 10.6 Å². The lowest BCUT2D eigenvalue weighted by atomic mass is 10.2. The molecule has 0 atom stereocenters. The summed E-state index contributed by atoms with van der Waals surface area (Å²) in [5.41, 5.74) is 8.00. The summed E-state index contributed by atoms with van der Waals surface area (Å²) in [5.74, 6) is 0.889. The molecule has 86 valence electrons. The molecule has 2 fully saturated rings. The van der Waals surface area contributed by atoms with Gasteiger partial charge in [0.05, 0.1) is 22.0 Å². The van der Waals surface area contributed by atoms with E-state index in [-0.39, 0.29) is 0 Å². The molecule has 0 amide bonds. The van der Waals surface area contributed by atoms with E-state index in [1.807, 2.05) is 6.20 Å². The minimum absolute atomic E-state index is 0.710. The number of pyridine rings is 1. The van der Waals surface area contributed by atoms with Crippen molar-refractivity contribution in [1.82, 2.24) is 4.98 Å². The molecule has 2 aliphatic rings. The molecule has 0 spiro atoms. The van der Waals surface area contributed by atoms with Crippen molar-refractivity contribution in [2.45, 2.75) is 31.7 Å². The Kier molecular flexibility index (Phi) is 2.54. The zero-order valence-corrected chi connectivity index (χ0v) is 10.8. The summed E-state index contributed by atoms with van der Waals surface area (Å²) in [4.78, 5) is 6.59. The predicted molar refractivity (Wildman–Crippen MR) is 69.4 cm³/mol. The fourth-order valence-electron chi connectivity index (χ4n) is 2.13. The van der Waals surface area contributed by atoms with Crippen LogP contribution in [-0.4, -0.2) is 17.6 Å². The van der Waals surface area contributed by atoms with Gasteiger partial charge in [0.25, 0.3) is 0 Å². The zero-order chi connectivity index (χ0) is 11.1. The molecule has 0 radical (unpaired) electrons. The smallest absolute Gasteiger partial charge is 0.0778 e. The van der Waals surface area contributed by atoms with Crippen molar-refractivity contribution in [3.05, 3.63) is 16.9 Å². The number of anilines is 2. The van der Waals surface area contributed by atoms with Crippen LogP contribution in [0, 0.1) is 5.92 Å². The first-order chi connectivity index (χ1) is 7.75. The number of aromatic nitrogens is 1. The van der Waals surface area contributed by atoms with Crippen molar-refractivity contribution in [3.63, 3.8) is 0 Å². The normalized spacial score (nSPS) is 19.8. The first kappa shape index (κ1) is 10.4. The predicted octanol–water partition coefficient (Wildman–Crippen LogP) is 2.81. The Morgan fingerprint density at radius 1 is 1.31 bits per heavy atom. The van der Waals surface area contributed by atoms with Crippen molar-refractivity contribution in [3.8, 4) is 0 Å². The van der Waals surface area contributed by atoms with Gasteiger partial charge in [0, 0.05) is 18.8 Å². The largest absolute Gasteiger partial charge is 0.396 e. The van der Waals surface area contributed by atoms with Crippen molar-refractivity contribution in [1.29, 1.82) is 0 Å². The highest BCUT2D eigenvalue weighted by Gasteiger charge is 2.35. The highest BCUT2D eigenvalue weighted by Crippen LogP contribution is 2.42. The van der Waals surface area contributed by atoms with Crippen LogP contribution in [0.1, 0.15) is 25.7 Å². The van der Waals surface area contributed by atoms with E-state index >= 15 is 0 Å². The number of rotatable bonds is 4. The Bertz CT molecular complexity index is 379. The van der Waals surface area contributed by atoms with Gasteiger partial charge in [-0.2, -0.15) is 0 Å². The standard InChI is InChI=1S/C12H16BrN3/c13-10-5-15-6-11(14)12(10)16(9-3-4-9)7-8-1-2-8/h5-6,8-9H,1-4,7,14H2. The monoisotopic (exact) mass is 281 g/mol. The lowest BCUT2D eigenvalue weighted by Crippen LogP contribution is -2.29. The third-order valence-corrected chi connectivity index (χ3v) is 3.91. The first-order valence-corrected chi connectivity index (χ1v) is 6.70. The highest BCUT2D eigenvalue weighted by atomic mass is 79.9. The number of hydrogen-bond donors (Lipinski definition) is 1. The SMILES string of the molecule is Nc1cncc(Br)c1N(CC1CC1)C1CC1. The number of nitrogens with two attached hydrogens (primary N) is 1. The lowest BCUT2D eigenvalue weighted by molar-refractivity contribution is 0.718. The second kappa shape index (κ2) is 3.91. The molecule has 1 heterocycles. The van der Waals surface area contributed by atoms with Crippen LogP contribution in [-0.2, 0) is 0 Å². The summed E-state index contributed by atoms with van der Waals surface area (Å²) >= 11 is 3.57. The van der Waals surface area contributed by atoms with Gasteiger partial charge in [-0.25, -0.2) is 0 Å². The fraction of sp³-hybridized carbons (Fsp3) is 0.583. The molecular weight excluding hydrogens is 266 g/mol. The minimum Gasteiger partial charge on any atom is -0.396 e. The Hall–Kier alpha value is -0.770. The van der Waals surface area contributed by atoms with E-state index in [1.165, 1.54) is 25.7 Å². The Morgan fingerprint density at radius 3 is 2.62 bits per heavy atom. The molecular formula is C12H16BrN3. The van der Waals surface area contributed by atoms with E-state index in [0.717, 1.165) is 28.3 Å². The number of halogens is 1. The van der Waals surface area contributed by atoms with Gasteiger partial charge in [-0.3, -0.25) is 4.98 Å². The number of hydrogen-bond acceptors (Lipinski definition) is 3. The van der Waals surface area contributed by atoms with Crippen LogP contribution in [0.25, 0.3) is 0 Å². The first-order valence-electron chi connectivity index (χ1n) is 5.91. The maximum Gasteiger partial charge on any atom is 0.0778 e. The Morgan fingerprint density at radius 2 is 2.06 bits per heavy atom. The average molecular weight is 282 g/mol. The van der Waals surface area contributed by atoms with Crippen LogP contribution >= 0.6 is 15.9 Å². The highest BCUT2D eigenvalue weighted by molar-refractivity contribution is 9.10. The van der Waals surface area contributed by atoms with E-state index in [4.69, 9.17) is 5.73 Å². The quantitative estimate of drug-likeness (QED) is 0.923. The lowest BCUT2D eigenvalue weighted by Gasteiger charge is -2.27. The van der Waals surface area contributed by atoms with Crippen LogP contribution in [0.3, 0.4) is 0 Å². The topological polar surface area (TPSA) is 42.1 Å². The molecule has 16 heavy (non-hydrogen) atoms. The molecule has 0 saturated heterocycles. The van der Waals surface area contributed by atoms with Crippen molar-refractivity contribution in [2.24, 2.45) is 5.92 Å². The van der Waals surface area contributed by atoms with Gasteiger partial charge in [0.1, 0.15) is 0 Å². The molecule has 1 aromatic heterocycles. The van der Waals surface area contributed by atoms with Gasteiger partial charge in [-0.15, -0.1) is 0 Å². The second-order valence-corrected chi connectivity index (χ2v) is 5.74. The minimum atomic E-state index is 0.710. The van der Waals surface area contributed by atoms with Gasteiger partial charge in [0.15, 0.2) is 0 Å². The molecule has 4 heteroatoms. The van der Waals surface area contributed by atoms with E-state index < -0.39 is 0 Å². The van der Waals surface area contributed by atoms with Gasteiger partial charge in [-0.1, -0.05) is 0 Å². The van der Waals surface area contributed by atoms with Gasteiger partial charge in [0.2, 0.25) is 0 Å². The van der Waals surface area contributed by atoms with E-state index in [2.05, 4.69) is 25.8 Å². The molecule has 0 aromatic carbocycles. The molecule has 3 rings (SSSR count). The van der Waals surface area contributed by atoms with E-state index in [9.17, 15) is 0 Å². The van der Waals surface area contributed by atoms with Crippen molar-refractivity contribution in [2.75, 3.05) is 17.2 Å². The summed E-state index contributed by atoms with van der Waals surface area (Å²) in [6.07, 6.45) is 8.97. The molecule has 0 aliphatic heterocycles. The third kappa shape index (κ3) is 2.03. The molecule has 2 aliphatic carbocycles. The number of nitrogens with zero attached hydrogens (tertiary/aromatic N) is 2. The average Bonchev–Trinajstić information content (AvgIpc) is 3.11. The Balaban J connectivity index is 1.90. The molecule has 3 nitrogen and oxygen atoms in total. The maximum absolute atomic E-state index is 6.05. The number of nitrogen functional groups attached to an aromatic ring is 1. The van der Waals surface area contributed by atoms with E-state index in [1.54, 1.807) is 6.20 Å². The fourth-order valence-corrected chi connectivity index (χ4v) is 2.71.